The van der Waals surface area contributed by atoms with Gasteiger partial charge in [0.15, 0.2) is 0 Å². The van der Waals surface area contributed by atoms with E-state index in [9.17, 15) is 0 Å². The van der Waals surface area contributed by atoms with Gasteiger partial charge in [-0.25, -0.2) is 0 Å². The predicted octanol–water partition coefficient (Wildman–Crippen LogP) is 0.796. The molecule has 0 spiro atoms. The average molecular weight is 499 g/mol. The molecule has 4 aromatic rings. The van der Waals surface area contributed by atoms with Crippen LogP contribution in [0.4, 0.5) is 0 Å². The number of rotatable bonds is 2. The summed E-state index contributed by atoms with van der Waals surface area (Å²) >= 11 is 7.27. The largest absolute Gasteiger partial charge is 1.00 e. The first-order valence-electron chi connectivity index (χ1n) is 8.14. The van der Waals surface area contributed by atoms with E-state index in [1.807, 2.05) is 0 Å². The maximum absolute atomic E-state index is 5.72. The smallest absolute Gasteiger partial charge is 0.0809 e. The fourth-order valence-corrected chi connectivity index (χ4v) is 5.21. The van der Waals surface area contributed by atoms with Crippen molar-refractivity contribution < 1.29 is 48.1 Å². The molecule has 0 fully saturated rings. The van der Waals surface area contributed by atoms with Gasteiger partial charge in [0.2, 0.25) is 0 Å². The molecule has 4 rings (SSSR count). The molecule has 26 heavy (non-hydrogen) atoms. The van der Waals surface area contributed by atoms with Crippen molar-refractivity contribution in [3.05, 3.63) is 84.9 Å². The van der Waals surface area contributed by atoms with E-state index in [0.29, 0.717) is 0 Å². The molecule has 0 N–H and O–H groups in total. The summed E-state index contributed by atoms with van der Waals surface area (Å²) in [5.74, 6) is 0. The van der Waals surface area contributed by atoms with Gasteiger partial charge in [-0.2, -0.15) is 35.0 Å². The molecule has 0 saturated heterocycles. The molecular formula is C21H21Cl3SiZr-2. The van der Waals surface area contributed by atoms with Gasteiger partial charge in [0.25, 0.3) is 0 Å². The Morgan fingerprint density at radius 2 is 1.23 bits per heavy atom. The van der Waals surface area contributed by atoms with Crippen LogP contribution in [0.2, 0.25) is 6.04 Å². The van der Waals surface area contributed by atoms with Gasteiger partial charge in [-0.1, -0.05) is 12.1 Å². The summed E-state index contributed by atoms with van der Waals surface area (Å²) in [6.07, 6.45) is 1.27. The Labute approximate surface area is 188 Å². The normalized spacial score (nSPS) is 9.08. The molecule has 0 aliphatic carbocycles. The van der Waals surface area contributed by atoms with Crippen LogP contribution in [0.5, 0.6) is 0 Å². The van der Waals surface area contributed by atoms with E-state index < -0.39 is 0 Å². The summed E-state index contributed by atoms with van der Waals surface area (Å²) in [6.45, 7) is 2.18. The summed E-state index contributed by atoms with van der Waals surface area (Å²) in [6, 6.07) is 30.6. The first-order chi connectivity index (χ1) is 11.7. The zero-order chi connectivity index (χ0) is 17.2. The average Bonchev–Trinajstić information content (AvgIpc) is 3.25. The second-order valence-electron chi connectivity index (χ2n) is 5.46. The Kier molecular flexibility index (Phi) is 14.5. The van der Waals surface area contributed by atoms with Crippen molar-refractivity contribution in [1.82, 2.24) is 0 Å². The maximum atomic E-state index is 5.72. The van der Waals surface area contributed by atoms with E-state index >= 15 is 0 Å². The molecule has 0 bridgehead atoms. The summed E-state index contributed by atoms with van der Waals surface area (Å²) in [5.41, 5.74) is 0. The molecule has 0 aliphatic rings. The Morgan fingerprint density at radius 3 is 1.54 bits per heavy atom. The number of benzene rings is 2. The van der Waals surface area contributed by atoms with Gasteiger partial charge >= 0.3 is 58.5 Å². The summed E-state index contributed by atoms with van der Waals surface area (Å²) in [7, 11) is 0. The van der Waals surface area contributed by atoms with Crippen molar-refractivity contribution in [3.8, 4) is 0 Å². The first-order valence-corrected chi connectivity index (χ1v) is 14.5. The third kappa shape index (κ3) is 9.02. The van der Waals surface area contributed by atoms with Crippen molar-refractivity contribution >= 4 is 37.4 Å². The van der Waals surface area contributed by atoms with Crippen LogP contribution in [0, 0.1) is 0 Å². The van der Waals surface area contributed by atoms with Gasteiger partial charge in [0.05, 0.1) is 0 Å². The fourth-order valence-electron chi connectivity index (χ4n) is 2.36. The van der Waals surface area contributed by atoms with Crippen molar-refractivity contribution in [3.63, 3.8) is 0 Å². The number of halogens is 3. The Hall–Kier alpha value is -0.370. The topological polar surface area (TPSA) is 0 Å². The quantitative estimate of drug-likeness (QED) is 0.218. The zero-order valence-corrected chi connectivity index (χ0v) is 20.4. The number of fused-ring (bicyclic) bond motifs is 2. The molecule has 0 aliphatic heterocycles. The summed E-state index contributed by atoms with van der Waals surface area (Å²) < 4.78 is -0.323. The van der Waals surface area contributed by atoms with Crippen LogP contribution in [-0.2, 0) is 23.3 Å². The van der Waals surface area contributed by atoms with E-state index in [1.54, 1.807) is 23.3 Å². The zero-order valence-electron chi connectivity index (χ0n) is 14.6. The van der Waals surface area contributed by atoms with E-state index in [2.05, 4.69) is 91.9 Å². The van der Waals surface area contributed by atoms with Crippen molar-refractivity contribution in [1.29, 1.82) is 0 Å². The molecule has 0 unspecified atom stereocenters. The molecule has 0 aromatic heterocycles. The van der Waals surface area contributed by atoms with Crippen LogP contribution in [-0.4, -0.2) is 4.74 Å². The van der Waals surface area contributed by atoms with Crippen molar-refractivity contribution in [2.45, 2.75) is 19.4 Å². The van der Waals surface area contributed by atoms with E-state index in [-0.39, 0.29) is 29.6 Å². The Bertz CT molecular complexity index is 756. The SMILES string of the molecule is CCC[Si](Cl)=[Zr+2].[Cl-].[Cl-].c1ccc2[cH-]ccc2c1.c1ccc2[cH-]ccc2c1. The van der Waals surface area contributed by atoms with E-state index in [4.69, 9.17) is 11.1 Å². The van der Waals surface area contributed by atoms with Gasteiger partial charge in [0.1, 0.15) is 0 Å². The molecule has 136 valence electrons. The third-order valence-electron chi connectivity index (χ3n) is 3.56. The predicted molar refractivity (Wildman–Crippen MR) is 106 cm³/mol. The minimum absolute atomic E-state index is 0. The molecule has 5 heteroatoms. The van der Waals surface area contributed by atoms with Crippen molar-refractivity contribution in [2.75, 3.05) is 0 Å². The number of hydrogen-bond acceptors (Lipinski definition) is 0. The van der Waals surface area contributed by atoms with Gasteiger partial charge in [-0.05, 0) is 0 Å². The standard InChI is InChI=1S/2C9H7.C3H7ClSi.2ClH.Zr/c2*1-2-5-9-7-3-6-8(9)4-1;1-2-3-5-4;;;/h2*1-7H;2-3H2,1H3;2*1H;/q2*-1;;;;+2/p-2. The molecule has 0 nitrogen and oxygen atoms in total. The monoisotopic (exact) mass is 496 g/mol. The Morgan fingerprint density at radius 1 is 0.808 bits per heavy atom. The van der Waals surface area contributed by atoms with Gasteiger partial charge in [-0.3, -0.25) is 0 Å². The third-order valence-corrected chi connectivity index (χ3v) is 6.91. The molecule has 0 amide bonds. The molecular weight excluding hydrogens is 478 g/mol. The first kappa shape index (κ1) is 25.6. The summed E-state index contributed by atoms with van der Waals surface area (Å²) in [5, 5.41) is 5.32. The van der Waals surface area contributed by atoms with Crippen LogP contribution in [0.1, 0.15) is 13.3 Å². The van der Waals surface area contributed by atoms with E-state index in [1.165, 1.54) is 34.0 Å². The minimum atomic E-state index is -0.323. The Balaban J connectivity index is 0.000000357. The van der Waals surface area contributed by atoms with Crippen LogP contribution >= 0.6 is 11.1 Å². The molecule has 0 atom stereocenters. The van der Waals surface area contributed by atoms with E-state index in [0.717, 1.165) is 0 Å². The van der Waals surface area contributed by atoms with Crippen molar-refractivity contribution in [2.24, 2.45) is 0 Å². The molecule has 4 aromatic carbocycles. The molecule has 0 heterocycles. The van der Waals surface area contributed by atoms with Gasteiger partial charge < -0.3 is 24.8 Å². The van der Waals surface area contributed by atoms with Crippen LogP contribution < -0.4 is 24.8 Å². The molecule has 0 saturated carbocycles. The van der Waals surface area contributed by atoms with Gasteiger partial charge in [0, 0.05) is 0 Å². The van der Waals surface area contributed by atoms with Gasteiger partial charge in [-0.15, -0.1) is 59.3 Å². The fraction of sp³-hybridized carbons (Fsp3) is 0.143. The maximum Gasteiger partial charge on any atom is -0.0809 e. The minimum Gasteiger partial charge on any atom is -1.00 e. The second kappa shape index (κ2) is 14.7. The van der Waals surface area contributed by atoms with Crippen LogP contribution in [0.15, 0.2) is 84.9 Å². The van der Waals surface area contributed by atoms with Crippen LogP contribution in [0.25, 0.3) is 21.5 Å². The molecule has 0 radical (unpaired) electrons. The van der Waals surface area contributed by atoms with Crippen LogP contribution in [0.3, 0.4) is 0 Å². The summed E-state index contributed by atoms with van der Waals surface area (Å²) in [4.78, 5) is 0. The number of hydrogen-bond donors (Lipinski definition) is 0. The second-order valence-corrected chi connectivity index (χ2v) is 14.9.